The highest BCUT2D eigenvalue weighted by molar-refractivity contribution is 5.77. The summed E-state index contributed by atoms with van der Waals surface area (Å²) >= 11 is 0. The highest BCUT2D eigenvalue weighted by Gasteiger charge is 2.30. The van der Waals surface area contributed by atoms with Gasteiger partial charge >= 0.3 is 6.03 Å². The summed E-state index contributed by atoms with van der Waals surface area (Å²) in [6, 6.07) is 7.61. The van der Waals surface area contributed by atoms with Crippen molar-refractivity contribution in [2.45, 2.75) is 63.4 Å². The molecule has 1 aliphatic carbocycles. The zero-order valence-electron chi connectivity index (χ0n) is 16.4. The van der Waals surface area contributed by atoms with Crippen LogP contribution in [0, 0.1) is 0 Å². The summed E-state index contributed by atoms with van der Waals surface area (Å²) in [6.45, 7) is 3.49. The molecule has 2 aliphatic rings. The van der Waals surface area contributed by atoms with Gasteiger partial charge in [-0.3, -0.25) is 4.79 Å². The zero-order chi connectivity index (χ0) is 20.1. The van der Waals surface area contributed by atoms with E-state index in [1.807, 2.05) is 26.0 Å². The molecule has 1 aromatic rings. The molecule has 3 rings (SSSR count). The quantitative estimate of drug-likeness (QED) is 0.548. The van der Waals surface area contributed by atoms with E-state index in [2.05, 4.69) is 28.1 Å². The number of fused-ring (bicyclic) bond motifs is 1. The molecule has 152 valence electrons. The number of aliphatic hydroxyl groups excluding tert-OH is 1. The largest absolute Gasteiger partial charge is 0.394 e. The number of carbonyl (C=O) groups excluding carboxylic acids is 2. The molecule has 0 fully saturated rings. The predicted molar refractivity (Wildman–Crippen MR) is 106 cm³/mol. The number of rotatable bonds is 6. The maximum absolute atomic E-state index is 12.4. The third-order valence-corrected chi connectivity index (χ3v) is 4.98. The van der Waals surface area contributed by atoms with Gasteiger partial charge in [0.2, 0.25) is 5.91 Å². The van der Waals surface area contributed by atoms with E-state index in [-0.39, 0.29) is 37.0 Å². The van der Waals surface area contributed by atoms with Crippen molar-refractivity contribution in [3.05, 3.63) is 47.5 Å². The molecule has 7 heteroatoms. The Hall–Kier alpha value is -2.38. The number of aliphatic hydroxyl groups is 1. The Labute approximate surface area is 165 Å². The monoisotopic (exact) mass is 387 g/mol. The minimum Gasteiger partial charge on any atom is -0.394 e. The highest BCUT2D eigenvalue weighted by Crippen LogP contribution is 2.22. The molecular weight excluding hydrogens is 358 g/mol. The molecule has 0 aromatic heterocycles. The first-order valence-electron chi connectivity index (χ1n) is 9.82. The molecule has 0 radical (unpaired) electrons. The van der Waals surface area contributed by atoms with Gasteiger partial charge < -0.3 is 25.8 Å². The number of ether oxygens (including phenoxy) is 1. The average molecular weight is 387 g/mol. The summed E-state index contributed by atoms with van der Waals surface area (Å²) in [7, 11) is 0. The lowest BCUT2D eigenvalue weighted by Gasteiger charge is -2.32. The smallest absolute Gasteiger partial charge is 0.315 e. The van der Waals surface area contributed by atoms with Gasteiger partial charge in [0.25, 0.3) is 0 Å². The Morgan fingerprint density at radius 3 is 2.43 bits per heavy atom. The van der Waals surface area contributed by atoms with Gasteiger partial charge in [0.05, 0.1) is 25.2 Å². The van der Waals surface area contributed by atoms with Crippen LogP contribution in [0.4, 0.5) is 4.79 Å². The second kappa shape index (κ2) is 9.21. The lowest BCUT2D eigenvalue weighted by molar-refractivity contribution is -0.125. The fourth-order valence-electron chi connectivity index (χ4n) is 3.72. The minimum absolute atomic E-state index is 0.0132. The molecule has 1 aliphatic heterocycles. The Kier molecular flexibility index (Phi) is 6.70. The summed E-state index contributed by atoms with van der Waals surface area (Å²) in [5, 5.41) is 18.2. The van der Waals surface area contributed by atoms with Gasteiger partial charge in [0.1, 0.15) is 6.10 Å². The summed E-state index contributed by atoms with van der Waals surface area (Å²) < 4.78 is 5.81. The molecule has 3 atom stereocenters. The Bertz CT molecular complexity index is 709. The van der Waals surface area contributed by atoms with E-state index in [0.717, 1.165) is 12.8 Å². The van der Waals surface area contributed by atoms with E-state index in [4.69, 9.17) is 4.74 Å². The van der Waals surface area contributed by atoms with Crippen molar-refractivity contribution in [3.8, 4) is 0 Å². The van der Waals surface area contributed by atoms with Crippen LogP contribution < -0.4 is 16.0 Å². The van der Waals surface area contributed by atoms with Crippen LogP contribution in [-0.4, -0.2) is 54.0 Å². The van der Waals surface area contributed by atoms with Crippen LogP contribution in [0.5, 0.6) is 0 Å². The fourth-order valence-corrected chi connectivity index (χ4v) is 3.72. The first-order chi connectivity index (χ1) is 13.4. The van der Waals surface area contributed by atoms with Crippen molar-refractivity contribution < 1.29 is 19.4 Å². The van der Waals surface area contributed by atoms with Crippen molar-refractivity contribution >= 4 is 11.9 Å². The van der Waals surface area contributed by atoms with Crippen molar-refractivity contribution in [2.24, 2.45) is 0 Å². The van der Waals surface area contributed by atoms with E-state index in [0.29, 0.717) is 0 Å². The van der Waals surface area contributed by atoms with Gasteiger partial charge in [-0.05, 0) is 37.8 Å². The number of benzene rings is 1. The third-order valence-electron chi connectivity index (χ3n) is 4.98. The fraction of sp³-hybridized carbons (Fsp3) is 0.524. The van der Waals surface area contributed by atoms with E-state index < -0.39 is 18.2 Å². The van der Waals surface area contributed by atoms with Crippen LogP contribution in [0.2, 0.25) is 0 Å². The van der Waals surface area contributed by atoms with Crippen LogP contribution in [0.25, 0.3) is 0 Å². The standard InChI is InChI=1S/C21H29N3O4/c1-13(2)22-21(27)24-18-8-7-17(28-19(18)12-25)11-20(26)23-16-9-14-5-3-4-6-15(14)10-16/h3-8,13,16-19,25H,9-12H2,1-2H3,(H,23,26)(H2,22,24,27)/t17-,18-,19-/m0/s1. The molecule has 0 saturated carbocycles. The molecule has 1 heterocycles. The van der Waals surface area contributed by atoms with Crippen LogP contribution in [0.1, 0.15) is 31.4 Å². The van der Waals surface area contributed by atoms with Crippen LogP contribution in [0.3, 0.4) is 0 Å². The minimum atomic E-state index is -0.587. The lowest BCUT2D eigenvalue weighted by Crippen LogP contribution is -2.52. The van der Waals surface area contributed by atoms with Crippen molar-refractivity contribution in [1.29, 1.82) is 0 Å². The third kappa shape index (κ3) is 5.33. The van der Waals surface area contributed by atoms with Gasteiger partial charge in [0.15, 0.2) is 0 Å². The summed E-state index contributed by atoms with van der Waals surface area (Å²) in [5.41, 5.74) is 2.58. The van der Waals surface area contributed by atoms with Crippen LogP contribution >= 0.6 is 0 Å². The average Bonchev–Trinajstić information content (AvgIpc) is 3.04. The van der Waals surface area contributed by atoms with Crippen molar-refractivity contribution in [2.75, 3.05) is 6.61 Å². The second-order valence-corrected chi connectivity index (χ2v) is 7.72. The van der Waals surface area contributed by atoms with Crippen LogP contribution in [-0.2, 0) is 22.4 Å². The van der Waals surface area contributed by atoms with Gasteiger partial charge in [-0.2, -0.15) is 0 Å². The first kappa shape index (κ1) is 20.4. The van der Waals surface area contributed by atoms with E-state index in [1.165, 1.54) is 11.1 Å². The summed E-state index contributed by atoms with van der Waals surface area (Å²) in [4.78, 5) is 24.3. The Morgan fingerprint density at radius 2 is 1.82 bits per heavy atom. The number of nitrogens with one attached hydrogen (secondary N) is 3. The van der Waals surface area contributed by atoms with Crippen LogP contribution in [0.15, 0.2) is 36.4 Å². The summed E-state index contributed by atoms with van der Waals surface area (Å²) in [5.74, 6) is -0.0758. The SMILES string of the molecule is CC(C)NC(=O)N[C@H]1C=C[C@@H](CC(=O)NC2Cc3ccccc3C2)O[C@H]1CO. The van der Waals surface area contributed by atoms with E-state index in [9.17, 15) is 14.7 Å². The maximum Gasteiger partial charge on any atom is 0.315 e. The van der Waals surface area contributed by atoms with E-state index >= 15 is 0 Å². The predicted octanol–water partition coefficient (Wildman–Crippen LogP) is 1.05. The molecule has 0 unspecified atom stereocenters. The van der Waals surface area contributed by atoms with Gasteiger partial charge in [-0.1, -0.05) is 36.4 Å². The lowest BCUT2D eigenvalue weighted by atomic mass is 10.0. The molecule has 0 spiro atoms. The van der Waals surface area contributed by atoms with Gasteiger partial charge in [0, 0.05) is 12.1 Å². The highest BCUT2D eigenvalue weighted by atomic mass is 16.5. The zero-order valence-corrected chi connectivity index (χ0v) is 16.4. The summed E-state index contributed by atoms with van der Waals surface area (Å²) in [6.07, 6.45) is 4.43. The molecule has 0 saturated heterocycles. The Morgan fingerprint density at radius 1 is 1.14 bits per heavy atom. The number of amides is 3. The number of hydrogen-bond acceptors (Lipinski definition) is 4. The molecule has 3 amide bonds. The number of hydrogen-bond donors (Lipinski definition) is 4. The molecule has 1 aromatic carbocycles. The maximum atomic E-state index is 12.4. The molecular formula is C21H29N3O4. The first-order valence-corrected chi connectivity index (χ1v) is 9.82. The Balaban J connectivity index is 1.49. The number of urea groups is 1. The van der Waals surface area contributed by atoms with E-state index in [1.54, 1.807) is 12.2 Å². The molecule has 28 heavy (non-hydrogen) atoms. The number of carbonyl (C=O) groups is 2. The van der Waals surface area contributed by atoms with Gasteiger partial charge in [-0.25, -0.2) is 4.79 Å². The van der Waals surface area contributed by atoms with Crippen molar-refractivity contribution in [1.82, 2.24) is 16.0 Å². The molecule has 4 N–H and O–H groups in total. The van der Waals surface area contributed by atoms with Gasteiger partial charge in [-0.15, -0.1) is 0 Å². The second-order valence-electron chi connectivity index (χ2n) is 7.72. The topological polar surface area (TPSA) is 99.7 Å². The molecule has 0 bridgehead atoms. The molecule has 7 nitrogen and oxygen atoms in total. The van der Waals surface area contributed by atoms with Crippen molar-refractivity contribution in [3.63, 3.8) is 0 Å². The normalized spacial score (nSPS) is 24.1.